The van der Waals surface area contributed by atoms with E-state index in [9.17, 15) is 5.11 Å². The van der Waals surface area contributed by atoms with Gasteiger partial charge in [-0.15, -0.1) is 0 Å². The van der Waals surface area contributed by atoms with E-state index in [4.69, 9.17) is 9.47 Å². The van der Waals surface area contributed by atoms with Crippen LogP contribution in [0.1, 0.15) is 12.0 Å². The van der Waals surface area contributed by atoms with Crippen LogP contribution in [0.5, 0.6) is 5.75 Å². The minimum atomic E-state index is -0.385. The van der Waals surface area contributed by atoms with E-state index >= 15 is 0 Å². The Balaban J connectivity index is 1.62. The van der Waals surface area contributed by atoms with Gasteiger partial charge in [-0.05, 0) is 24.6 Å². The molecule has 0 amide bonds. The van der Waals surface area contributed by atoms with Crippen molar-refractivity contribution in [2.45, 2.75) is 25.0 Å². The Morgan fingerprint density at radius 1 is 1.50 bits per heavy atom. The largest absolute Gasteiger partial charge is 0.488 e. The third kappa shape index (κ3) is 3.70. The standard InChI is InChI=1S/C14H21NO3/c1-17-10-12(16)6-7-15-9-13-8-11-4-2-3-5-14(11)18-13/h2-5,12-13,15-16H,6-10H2,1H3. The molecule has 0 aromatic heterocycles. The number of hydrogen-bond acceptors (Lipinski definition) is 4. The van der Waals surface area contributed by atoms with Crippen LogP contribution in [0, 0.1) is 0 Å². The third-order valence-electron chi connectivity index (χ3n) is 3.10. The van der Waals surface area contributed by atoms with Crippen LogP contribution in [-0.2, 0) is 11.2 Å². The second kappa shape index (κ2) is 6.73. The predicted molar refractivity (Wildman–Crippen MR) is 69.9 cm³/mol. The number of para-hydroxylation sites is 1. The average molecular weight is 251 g/mol. The first-order valence-electron chi connectivity index (χ1n) is 6.42. The fourth-order valence-corrected chi connectivity index (χ4v) is 2.18. The quantitative estimate of drug-likeness (QED) is 0.709. The van der Waals surface area contributed by atoms with Gasteiger partial charge in [-0.2, -0.15) is 0 Å². The highest BCUT2D eigenvalue weighted by Gasteiger charge is 2.21. The maximum Gasteiger partial charge on any atom is 0.123 e. The summed E-state index contributed by atoms with van der Waals surface area (Å²) in [5, 5.41) is 12.8. The van der Waals surface area contributed by atoms with Crippen LogP contribution in [0.25, 0.3) is 0 Å². The summed E-state index contributed by atoms with van der Waals surface area (Å²) in [6.45, 7) is 1.99. The van der Waals surface area contributed by atoms with Crippen molar-refractivity contribution >= 4 is 0 Å². The Morgan fingerprint density at radius 2 is 2.33 bits per heavy atom. The van der Waals surface area contributed by atoms with Gasteiger partial charge in [-0.1, -0.05) is 18.2 Å². The lowest BCUT2D eigenvalue weighted by Gasteiger charge is -2.13. The number of fused-ring (bicyclic) bond motifs is 1. The van der Waals surface area contributed by atoms with E-state index in [1.807, 2.05) is 18.2 Å². The first-order chi connectivity index (χ1) is 8.79. The molecule has 0 aliphatic carbocycles. The summed E-state index contributed by atoms with van der Waals surface area (Å²) in [7, 11) is 1.60. The van der Waals surface area contributed by atoms with Crippen molar-refractivity contribution in [3.8, 4) is 5.75 Å². The topological polar surface area (TPSA) is 50.7 Å². The monoisotopic (exact) mass is 251 g/mol. The highest BCUT2D eigenvalue weighted by molar-refractivity contribution is 5.37. The van der Waals surface area contributed by atoms with Crippen molar-refractivity contribution in [1.29, 1.82) is 0 Å². The molecule has 0 saturated carbocycles. The highest BCUT2D eigenvalue weighted by atomic mass is 16.5. The van der Waals surface area contributed by atoms with Gasteiger partial charge in [0, 0.05) is 20.1 Å². The molecular weight excluding hydrogens is 230 g/mol. The van der Waals surface area contributed by atoms with Crippen molar-refractivity contribution in [1.82, 2.24) is 5.32 Å². The number of benzene rings is 1. The van der Waals surface area contributed by atoms with Gasteiger partial charge in [-0.25, -0.2) is 0 Å². The highest BCUT2D eigenvalue weighted by Crippen LogP contribution is 2.27. The van der Waals surface area contributed by atoms with Crippen LogP contribution >= 0.6 is 0 Å². The lowest BCUT2D eigenvalue weighted by Crippen LogP contribution is -2.32. The number of nitrogens with one attached hydrogen (secondary N) is 1. The molecule has 0 saturated heterocycles. The van der Waals surface area contributed by atoms with E-state index < -0.39 is 0 Å². The van der Waals surface area contributed by atoms with Crippen LogP contribution < -0.4 is 10.1 Å². The Labute approximate surface area is 108 Å². The molecule has 1 aromatic carbocycles. The molecule has 18 heavy (non-hydrogen) atoms. The molecule has 2 atom stereocenters. The summed E-state index contributed by atoms with van der Waals surface area (Å²) in [5.41, 5.74) is 1.28. The molecule has 1 aliphatic rings. The summed E-state index contributed by atoms with van der Waals surface area (Å²) < 4.78 is 10.7. The van der Waals surface area contributed by atoms with Crippen LogP contribution in [0.3, 0.4) is 0 Å². The molecule has 100 valence electrons. The second-order valence-electron chi connectivity index (χ2n) is 4.65. The molecular formula is C14H21NO3. The van der Waals surface area contributed by atoms with Crippen LogP contribution in [0.4, 0.5) is 0 Å². The van der Waals surface area contributed by atoms with E-state index in [0.29, 0.717) is 13.0 Å². The molecule has 0 spiro atoms. The van der Waals surface area contributed by atoms with E-state index in [1.165, 1.54) is 5.56 Å². The molecule has 0 bridgehead atoms. The molecule has 1 aliphatic heterocycles. The van der Waals surface area contributed by atoms with Gasteiger partial charge in [0.05, 0.1) is 12.7 Å². The number of aliphatic hydroxyl groups is 1. The Hall–Kier alpha value is -1.10. The normalized spacial score (nSPS) is 19.3. The van der Waals surface area contributed by atoms with Gasteiger partial charge < -0.3 is 19.9 Å². The Kier molecular flexibility index (Phi) is 4.99. The summed E-state index contributed by atoms with van der Waals surface area (Å²) in [5.74, 6) is 1.00. The zero-order chi connectivity index (χ0) is 12.8. The lowest BCUT2D eigenvalue weighted by atomic mass is 10.1. The molecule has 4 heteroatoms. The molecule has 0 fully saturated rings. The van der Waals surface area contributed by atoms with Gasteiger partial charge >= 0.3 is 0 Å². The fraction of sp³-hybridized carbons (Fsp3) is 0.571. The zero-order valence-electron chi connectivity index (χ0n) is 10.8. The van der Waals surface area contributed by atoms with Gasteiger partial charge in [0.25, 0.3) is 0 Å². The number of ether oxygens (including phenoxy) is 2. The van der Waals surface area contributed by atoms with Crippen molar-refractivity contribution < 1.29 is 14.6 Å². The fourth-order valence-electron chi connectivity index (χ4n) is 2.18. The van der Waals surface area contributed by atoms with Gasteiger partial charge in [-0.3, -0.25) is 0 Å². The molecule has 2 N–H and O–H groups in total. The minimum Gasteiger partial charge on any atom is -0.488 e. The summed E-state index contributed by atoms with van der Waals surface area (Å²) in [6, 6.07) is 8.16. The Bertz CT molecular complexity index is 345. The van der Waals surface area contributed by atoms with Crippen molar-refractivity contribution in [2.75, 3.05) is 26.8 Å². The van der Waals surface area contributed by atoms with E-state index in [-0.39, 0.29) is 12.2 Å². The summed E-state index contributed by atoms with van der Waals surface area (Å²) >= 11 is 0. The van der Waals surface area contributed by atoms with Crippen molar-refractivity contribution in [3.63, 3.8) is 0 Å². The molecule has 4 nitrogen and oxygen atoms in total. The Morgan fingerprint density at radius 3 is 3.11 bits per heavy atom. The van der Waals surface area contributed by atoms with Gasteiger partial charge in [0.15, 0.2) is 0 Å². The predicted octanol–water partition coefficient (Wildman–Crippen LogP) is 0.977. The van der Waals surface area contributed by atoms with Gasteiger partial charge in [0.1, 0.15) is 11.9 Å². The molecule has 0 radical (unpaired) electrons. The molecule has 2 unspecified atom stereocenters. The van der Waals surface area contributed by atoms with Crippen molar-refractivity contribution in [2.24, 2.45) is 0 Å². The first-order valence-corrected chi connectivity index (χ1v) is 6.42. The van der Waals surface area contributed by atoms with E-state index in [2.05, 4.69) is 11.4 Å². The van der Waals surface area contributed by atoms with Crippen LogP contribution in [-0.4, -0.2) is 44.1 Å². The zero-order valence-corrected chi connectivity index (χ0v) is 10.8. The van der Waals surface area contributed by atoms with Crippen LogP contribution in [0.15, 0.2) is 24.3 Å². The molecule has 1 aromatic rings. The summed E-state index contributed by atoms with van der Waals surface area (Å²) in [6.07, 6.45) is 1.49. The molecule has 2 rings (SSSR count). The number of rotatable bonds is 7. The van der Waals surface area contributed by atoms with Gasteiger partial charge in [0.2, 0.25) is 0 Å². The third-order valence-corrected chi connectivity index (χ3v) is 3.10. The van der Waals surface area contributed by atoms with Crippen LogP contribution in [0.2, 0.25) is 0 Å². The maximum atomic E-state index is 9.49. The number of hydrogen-bond donors (Lipinski definition) is 2. The second-order valence-corrected chi connectivity index (χ2v) is 4.65. The van der Waals surface area contributed by atoms with Crippen molar-refractivity contribution in [3.05, 3.63) is 29.8 Å². The molecule has 1 heterocycles. The summed E-state index contributed by atoms with van der Waals surface area (Å²) in [4.78, 5) is 0. The number of aliphatic hydroxyl groups excluding tert-OH is 1. The van der Waals surface area contributed by atoms with E-state index in [0.717, 1.165) is 25.3 Å². The minimum absolute atomic E-state index is 0.210. The average Bonchev–Trinajstić information content (AvgIpc) is 2.77. The first kappa shape index (κ1) is 13.3. The number of methoxy groups -OCH3 is 1. The smallest absolute Gasteiger partial charge is 0.123 e. The van der Waals surface area contributed by atoms with E-state index in [1.54, 1.807) is 7.11 Å². The maximum absolute atomic E-state index is 9.49. The lowest BCUT2D eigenvalue weighted by molar-refractivity contribution is 0.0590. The SMILES string of the molecule is COCC(O)CCNCC1Cc2ccccc2O1.